The molecule has 0 aliphatic heterocycles. The molecule has 1 aromatic carbocycles. The summed E-state index contributed by atoms with van der Waals surface area (Å²) in [5, 5.41) is 11.8. The van der Waals surface area contributed by atoms with Crippen LogP contribution in [0.3, 0.4) is 0 Å². The molecule has 0 aliphatic rings. The van der Waals surface area contributed by atoms with Crippen LogP contribution in [0.1, 0.15) is 26.3 Å². The van der Waals surface area contributed by atoms with E-state index in [4.69, 9.17) is 9.94 Å². The van der Waals surface area contributed by atoms with Crippen LogP contribution in [0.5, 0.6) is 5.75 Å². The minimum atomic E-state index is 0.557. The number of rotatable bonds is 4. The van der Waals surface area contributed by atoms with Crippen LogP contribution in [0.25, 0.3) is 0 Å². The molecule has 0 heterocycles. The Morgan fingerprint density at radius 3 is 2.75 bits per heavy atom. The highest BCUT2D eigenvalue weighted by molar-refractivity contribution is 5.98. The Morgan fingerprint density at radius 2 is 2.12 bits per heavy atom. The van der Waals surface area contributed by atoms with Crippen molar-refractivity contribution in [3.8, 4) is 5.75 Å². The highest BCUT2D eigenvalue weighted by Crippen LogP contribution is 2.14. The van der Waals surface area contributed by atoms with Crippen molar-refractivity contribution in [2.45, 2.75) is 20.8 Å². The van der Waals surface area contributed by atoms with Crippen molar-refractivity contribution >= 4 is 5.71 Å². The highest BCUT2D eigenvalue weighted by atomic mass is 16.5. The van der Waals surface area contributed by atoms with Crippen molar-refractivity contribution in [1.29, 1.82) is 0 Å². The fourth-order valence-corrected chi connectivity index (χ4v) is 1.17. The monoisotopic (exact) mass is 219 g/mol. The van der Waals surface area contributed by atoms with E-state index in [1.807, 2.05) is 44.2 Å². The van der Waals surface area contributed by atoms with Crippen molar-refractivity contribution in [2.24, 2.45) is 5.16 Å². The number of benzene rings is 1. The summed E-state index contributed by atoms with van der Waals surface area (Å²) in [4.78, 5) is 0. The number of hydrogen-bond donors (Lipinski definition) is 1. The average molecular weight is 219 g/mol. The Bertz CT molecular complexity index is 404. The summed E-state index contributed by atoms with van der Waals surface area (Å²) in [6.07, 6.45) is 2.01. The van der Waals surface area contributed by atoms with Gasteiger partial charge in [0.2, 0.25) is 0 Å². The van der Waals surface area contributed by atoms with E-state index in [-0.39, 0.29) is 0 Å². The molecule has 0 unspecified atom stereocenters. The van der Waals surface area contributed by atoms with Crippen molar-refractivity contribution < 1.29 is 9.94 Å². The second kappa shape index (κ2) is 5.95. The lowest BCUT2D eigenvalue weighted by molar-refractivity contribution is 0.319. The molecule has 0 aliphatic carbocycles. The molecule has 0 amide bonds. The fourth-order valence-electron chi connectivity index (χ4n) is 1.17. The zero-order valence-electron chi connectivity index (χ0n) is 9.90. The Morgan fingerprint density at radius 1 is 1.38 bits per heavy atom. The summed E-state index contributed by atoms with van der Waals surface area (Å²) in [6.45, 7) is 6.36. The van der Waals surface area contributed by atoms with E-state index in [0.29, 0.717) is 12.3 Å². The molecule has 1 rings (SSSR count). The summed E-state index contributed by atoms with van der Waals surface area (Å²) in [5.74, 6) is 0.776. The van der Waals surface area contributed by atoms with E-state index < -0.39 is 0 Å². The van der Waals surface area contributed by atoms with Crippen LogP contribution in [0.4, 0.5) is 0 Å². The van der Waals surface area contributed by atoms with E-state index in [9.17, 15) is 0 Å². The predicted molar refractivity (Wildman–Crippen MR) is 65.4 cm³/mol. The van der Waals surface area contributed by atoms with Crippen LogP contribution in [0.15, 0.2) is 41.1 Å². The second-order valence-corrected chi connectivity index (χ2v) is 3.81. The summed E-state index contributed by atoms with van der Waals surface area (Å²) in [6, 6.07) is 7.49. The molecule has 1 aromatic rings. The van der Waals surface area contributed by atoms with Gasteiger partial charge in [0, 0.05) is 5.56 Å². The van der Waals surface area contributed by atoms with Gasteiger partial charge < -0.3 is 9.94 Å². The minimum Gasteiger partial charge on any atom is -0.490 e. The van der Waals surface area contributed by atoms with Gasteiger partial charge in [0.05, 0.1) is 5.71 Å². The van der Waals surface area contributed by atoms with E-state index in [1.54, 1.807) is 6.92 Å². The number of hydrogen-bond acceptors (Lipinski definition) is 3. The Labute approximate surface area is 96.1 Å². The number of nitrogens with zero attached hydrogens (tertiary/aromatic N) is 1. The zero-order chi connectivity index (χ0) is 12.0. The SMILES string of the molecule is CC(C)=CCOc1cccc(/C(C)=N/O)c1. The maximum atomic E-state index is 8.67. The standard InChI is InChI=1S/C13H17NO2/c1-10(2)7-8-16-13-6-4-5-12(9-13)11(3)14-15/h4-7,9,15H,8H2,1-3H3/b14-11+. The molecule has 0 aromatic heterocycles. The first-order valence-electron chi connectivity index (χ1n) is 5.18. The van der Waals surface area contributed by atoms with Gasteiger partial charge >= 0.3 is 0 Å². The van der Waals surface area contributed by atoms with Gasteiger partial charge in [-0.05, 0) is 39.0 Å². The lowest BCUT2D eigenvalue weighted by atomic mass is 10.1. The fraction of sp³-hybridized carbons (Fsp3) is 0.308. The Kier molecular flexibility index (Phi) is 4.58. The molecule has 0 saturated carbocycles. The van der Waals surface area contributed by atoms with Crippen molar-refractivity contribution in [1.82, 2.24) is 0 Å². The summed E-state index contributed by atoms with van der Waals surface area (Å²) < 4.78 is 5.54. The molecule has 16 heavy (non-hydrogen) atoms. The molecule has 0 spiro atoms. The molecule has 1 N–H and O–H groups in total. The molecule has 0 saturated heterocycles. The van der Waals surface area contributed by atoms with Crippen molar-refractivity contribution in [3.63, 3.8) is 0 Å². The lowest BCUT2D eigenvalue weighted by Gasteiger charge is -2.05. The highest BCUT2D eigenvalue weighted by Gasteiger charge is 1.99. The number of ether oxygens (including phenoxy) is 1. The average Bonchev–Trinajstić information content (AvgIpc) is 2.28. The Hall–Kier alpha value is -1.77. The lowest BCUT2D eigenvalue weighted by Crippen LogP contribution is -1.98. The molecule has 0 atom stereocenters. The minimum absolute atomic E-state index is 0.557. The summed E-state index contributed by atoms with van der Waals surface area (Å²) in [5.41, 5.74) is 2.66. The first kappa shape index (κ1) is 12.3. The molecular weight excluding hydrogens is 202 g/mol. The smallest absolute Gasteiger partial charge is 0.120 e. The normalized spacial score (nSPS) is 11.1. The van der Waals surface area contributed by atoms with E-state index >= 15 is 0 Å². The second-order valence-electron chi connectivity index (χ2n) is 3.81. The van der Waals surface area contributed by atoms with Crippen LogP contribution in [0.2, 0.25) is 0 Å². The van der Waals surface area contributed by atoms with Gasteiger partial charge in [-0.15, -0.1) is 0 Å². The predicted octanol–water partition coefficient (Wildman–Crippen LogP) is 3.23. The third kappa shape index (κ3) is 3.77. The van der Waals surface area contributed by atoms with Crippen LogP contribution >= 0.6 is 0 Å². The van der Waals surface area contributed by atoms with E-state index in [2.05, 4.69) is 5.16 Å². The third-order valence-electron chi connectivity index (χ3n) is 2.14. The van der Waals surface area contributed by atoms with Crippen LogP contribution in [0, 0.1) is 0 Å². The number of oxime groups is 1. The van der Waals surface area contributed by atoms with Gasteiger partial charge in [0.1, 0.15) is 12.4 Å². The third-order valence-corrected chi connectivity index (χ3v) is 2.14. The molecule has 0 radical (unpaired) electrons. The summed E-state index contributed by atoms with van der Waals surface area (Å²) >= 11 is 0. The van der Waals surface area contributed by atoms with Gasteiger partial charge in [-0.25, -0.2) is 0 Å². The van der Waals surface area contributed by atoms with Crippen LogP contribution in [-0.4, -0.2) is 17.5 Å². The van der Waals surface area contributed by atoms with Gasteiger partial charge in [-0.1, -0.05) is 22.9 Å². The van der Waals surface area contributed by atoms with Crippen LogP contribution in [-0.2, 0) is 0 Å². The summed E-state index contributed by atoms with van der Waals surface area (Å²) in [7, 11) is 0. The van der Waals surface area contributed by atoms with Gasteiger partial charge in [0.25, 0.3) is 0 Å². The molecule has 3 nitrogen and oxygen atoms in total. The first-order valence-corrected chi connectivity index (χ1v) is 5.18. The Balaban J connectivity index is 2.72. The molecule has 86 valence electrons. The quantitative estimate of drug-likeness (QED) is 0.365. The van der Waals surface area contributed by atoms with Gasteiger partial charge in [-0.3, -0.25) is 0 Å². The molecule has 0 fully saturated rings. The molecule has 0 bridgehead atoms. The van der Waals surface area contributed by atoms with Crippen molar-refractivity contribution in [3.05, 3.63) is 41.5 Å². The van der Waals surface area contributed by atoms with Gasteiger partial charge in [-0.2, -0.15) is 0 Å². The molecule has 3 heteroatoms. The largest absolute Gasteiger partial charge is 0.490 e. The zero-order valence-corrected chi connectivity index (χ0v) is 9.90. The number of allylic oxidation sites excluding steroid dienone is 1. The van der Waals surface area contributed by atoms with Crippen molar-refractivity contribution in [2.75, 3.05) is 6.61 Å². The molecular formula is C13H17NO2. The van der Waals surface area contributed by atoms with Gasteiger partial charge in [0.15, 0.2) is 0 Å². The maximum absolute atomic E-state index is 8.67. The van der Waals surface area contributed by atoms with E-state index in [0.717, 1.165) is 11.3 Å². The topological polar surface area (TPSA) is 41.8 Å². The van der Waals surface area contributed by atoms with E-state index in [1.165, 1.54) is 5.57 Å². The maximum Gasteiger partial charge on any atom is 0.120 e. The first-order chi connectivity index (χ1) is 7.63. The van der Waals surface area contributed by atoms with Crippen LogP contribution < -0.4 is 4.74 Å².